The van der Waals surface area contributed by atoms with Gasteiger partial charge in [-0.1, -0.05) is 37.3 Å². The maximum Gasteiger partial charge on any atom is 0.117 e. The lowest BCUT2D eigenvalue weighted by molar-refractivity contribution is 0.394. The lowest BCUT2D eigenvalue weighted by Gasteiger charge is -2.09. The highest BCUT2D eigenvalue weighted by atomic mass is 15.5. The standard InChI is InChI=1S/C17H27N5/c1-4-12-22-19-16(14-18-11-8-13-21(2)3)17(20-22)15-9-6-5-7-10-15/h5-7,9-10,18H,4,8,11-14H2,1-3H3. The SMILES string of the molecule is CCCn1nc(CNCCCN(C)C)c(-c2ccccc2)n1. The van der Waals surface area contributed by atoms with Gasteiger partial charge in [-0.15, -0.1) is 0 Å². The summed E-state index contributed by atoms with van der Waals surface area (Å²) in [6.45, 7) is 5.86. The Bertz CT molecular complexity index is 547. The minimum Gasteiger partial charge on any atom is -0.311 e. The third-order valence-corrected chi connectivity index (χ3v) is 3.45. The molecule has 0 unspecified atom stereocenters. The molecular formula is C17H27N5. The Labute approximate surface area is 133 Å². The Morgan fingerprint density at radius 1 is 1.14 bits per heavy atom. The Morgan fingerprint density at radius 3 is 2.59 bits per heavy atom. The summed E-state index contributed by atoms with van der Waals surface area (Å²) in [5.41, 5.74) is 3.16. The van der Waals surface area contributed by atoms with Crippen molar-refractivity contribution in [2.24, 2.45) is 0 Å². The Hall–Kier alpha value is -1.72. The number of aromatic nitrogens is 3. The number of hydrogen-bond acceptors (Lipinski definition) is 4. The van der Waals surface area contributed by atoms with Gasteiger partial charge in [-0.2, -0.15) is 15.0 Å². The first-order valence-electron chi connectivity index (χ1n) is 8.05. The van der Waals surface area contributed by atoms with Crippen LogP contribution in [0.5, 0.6) is 0 Å². The molecule has 0 aliphatic carbocycles. The van der Waals surface area contributed by atoms with E-state index in [1.165, 1.54) is 0 Å². The molecule has 0 aliphatic rings. The molecule has 22 heavy (non-hydrogen) atoms. The molecule has 0 amide bonds. The van der Waals surface area contributed by atoms with E-state index in [9.17, 15) is 0 Å². The van der Waals surface area contributed by atoms with Crippen LogP contribution in [0.2, 0.25) is 0 Å². The number of hydrogen-bond donors (Lipinski definition) is 1. The zero-order valence-corrected chi connectivity index (χ0v) is 13.9. The van der Waals surface area contributed by atoms with E-state index in [1.54, 1.807) is 0 Å². The van der Waals surface area contributed by atoms with Crippen LogP contribution in [0.25, 0.3) is 11.3 Å². The van der Waals surface area contributed by atoms with Crippen molar-refractivity contribution >= 4 is 0 Å². The van der Waals surface area contributed by atoms with Gasteiger partial charge in [0.1, 0.15) is 11.4 Å². The molecule has 2 aromatic rings. The third-order valence-electron chi connectivity index (χ3n) is 3.45. The summed E-state index contributed by atoms with van der Waals surface area (Å²) in [5.74, 6) is 0. The average molecular weight is 301 g/mol. The van der Waals surface area contributed by atoms with Gasteiger partial charge in [0.25, 0.3) is 0 Å². The molecule has 0 radical (unpaired) electrons. The van der Waals surface area contributed by atoms with Gasteiger partial charge in [-0.3, -0.25) is 0 Å². The minimum absolute atomic E-state index is 0.765. The van der Waals surface area contributed by atoms with Gasteiger partial charge in [0.15, 0.2) is 0 Å². The number of aryl methyl sites for hydroxylation is 1. The summed E-state index contributed by atoms with van der Waals surface area (Å²) >= 11 is 0. The van der Waals surface area contributed by atoms with Crippen molar-refractivity contribution in [2.45, 2.75) is 32.9 Å². The summed E-state index contributed by atoms with van der Waals surface area (Å²) in [7, 11) is 4.20. The van der Waals surface area contributed by atoms with Crippen molar-refractivity contribution in [3.8, 4) is 11.3 Å². The molecule has 0 bridgehead atoms. The summed E-state index contributed by atoms with van der Waals surface area (Å²) in [5, 5.41) is 12.8. The van der Waals surface area contributed by atoms with Gasteiger partial charge in [-0.05, 0) is 40.0 Å². The monoisotopic (exact) mass is 301 g/mol. The second kappa shape index (κ2) is 8.66. The first-order chi connectivity index (χ1) is 10.7. The van der Waals surface area contributed by atoms with Crippen molar-refractivity contribution in [2.75, 3.05) is 27.2 Å². The Morgan fingerprint density at radius 2 is 1.91 bits per heavy atom. The molecule has 1 heterocycles. The molecule has 0 atom stereocenters. The zero-order chi connectivity index (χ0) is 15.8. The summed E-state index contributed by atoms with van der Waals surface area (Å²) < 4.78 is 0. The second-order valence-corrected chi connectivity index (χ2v) is 5.79. The molecule has 120 valence electrons. The molecular weight excluding hydrogens is 274 g/mol. The smallest absolute Gasteiger partial charge is 0.117 e. The molecule has 1 aromatic carbocycles. The van der Waals surface area contributed by atoms with E-state index in [4.69, 9.17) is 0 Å². The summed E-state index contributed by atoms with van der Waals surface area (Å²) in [6, 6.07) is 10.3. The number of benzene rings is 1. The third kappa shape index (κ3) is 4.93. The van der Waals surface area contributed by atoms with Crippen LogP contribution >= 0.6 is 0 Å². The molecule has 0 aliphatic heterocycles. The zero-order valence-electron chi connectivity index (χ0n) is 13.9. The minimum atomic E-state index is 0.765. The van der Waals surface area contributed by atoms with Crippen LogP contribution in [0.15, 0.2) is 30.3 Å². The van der Waals surface area contributed by atoms with Gasteiger partial charge in [-0.25, -0.2) is 0 Å². The van der Waals surface area contributed by atoms with Crippen LogP contribution < -0.4 is 5.32 Å². The molecule has 2 rings (SSSR count). The van der Waals surface area contributed by atoms with Gasteiger partial charge in [0.05, 0.1) is 6.54 Å². The second-order valence-electron chi connectivity index (χ2n) is 5.79. The van der Waals surface area contributed by atoms with Gasteiger partial charge in [0.2, 0.25) is 0 Å². The van der Waals surface area contributed by atoms with Crippen LogP contribution in [0.1, 0.15) is 25.5 Å². The van der Waals surface area contributed by atoms with E-state index in [0.29, 0.717) is 0 Å². The van der Waals surface area contributed by atoms with Crippen molar-refractivity contribution in [1.29, 1.82) is 0 Å². The lowest BCUT2D eigenvalue weighted by atomic mass is 10.1. The molecule has 5 heteroatoms. The first-order valence-corrected chi connectivity index (χ1v) is 8.05. The van der Waals surface area contributed by atoms with Gasteiger partial charge < -0.3 is 10.2 Å². The van der Waals surface area contributed by atoms with E-state index in [2.05, 4.69) is 53.6 Å². The Kier molecular flexibility index (Phi) is 6.55. The van der Waals surface area contributed by atoms with E-state index < -0.39 is 0 Å². The van der Waals surface area contributed by atoms with Crippen LogP contribution in [-0.2, 0) is 13.1 Å². The molecule has 0 saturated carbocycles. The maximum atomic E-state index is 4.65. The highest BCUT2D eigenvalue weighted by Gasteiger charge is 2.12. The fourth-order valence-electron chi connectivity index (χ4n) is 2.35. The van der Waals surface area contributed by atoms with Gasteiger partial charge in [0, 0.05) is 12.1 Å². The molecule has 0 fully saturated rings. The maximum absolute atomic E-state index is 4.65. The predicted molar refractivity (Wildman–Crippen MR) is 90.6 cm³/mol. The van der Waals surface area contributed by atoms with Crippen molar-refractivity contribution in [1.82, 2.24) is 25.2 Å². The number of nitrogens with one attached hydrogen (secondary N) is 1. The average Bonchev–Trinajstić information content (AvgIpc) is 2.91. The van der Waals surface area contributed by atoms with Gasteiger partial charge >= 0.3 is 0 Å². The topological polar surface area (TPSA) is 46.0 Å². The van der Waals surface area contributed by atoms with Crippen LogP contribution in [0, 0.1) is 0 Å². The fraction of sp³-hybridized carbons (Fsp3) is 0.529. The number of nitrogens with zero attached hydrogens (tertiary/aromatic N) is 4. The predicted octanol–water partition coefficient (Wildman–Crippen LogP) is 2.40. The van der Waals surface area contributed by atoms with Crippen LogP contribution in [0.4, 0.5) is 0 Å². The van der Waals surface area contributed by atoms with E-state index >= 15 is 0 Å². The van der Waals surface area contributed by atoms with Crippen LogP contribution in [-0.4, -0.2) is 47.1 Å². The first kappa shape index (κ1) is 16.6. The highest BCUT2D eigenvalue weighted by Crippen LogP contribution is 2.19. The Balaban J connectivity index is 2.02. The van der Waals surface area contributed by atoms with E-state index in [-0.39, 0.29) is 0 Å². The summed E-state index contributed by atoms with van der Waals surface area (Å²) in [6.07, 6.45) is 2.18. The number of rotatable bonds is 9. The van der Waals surface area contributed by atoms with Crippen molar-refractivity contribution < 1.29 is 0 Å². The molecule has 0 spiro atoms. The van der Waals surface area contributed by atoms with Crippen molar-refractivity contribution in [3.05, 3.63) is 36.0 Å². The molecule has 1 N–H and O–H groups in total. The van der Waals surface area contributed by atoms with Crippen molar-refractivity contribution in [3.63, 3.8) is 0 Å². The lowest BCUT2D eigenvalue weighted by Crippen LogP contribution is -2.21. The highest BCUT2D eigenvalue weighted by molar-refractivity contribution is 5.60. The fourth-order valence-corrected chi connectivity index (χ4v) is 2.35. The normalized spacial score (nSPS) is 11.3. The quantitative estimate of drug-likeness (QED) is 0.723. The molecule has 0 saturated heterocycles. The van der Waals surface area contributed by atoms with E-state index in [0.717, 1.165) is 56.0 Å². The van der Waals surface area contributed by atoms with E-state index in [1.807, 2.05) is 23.0 Å². The summed E-state index contributed by atoms with van der Waals surface area (Å²) in [4.78, 5) is 4.02. The van der Waals surface area contributed by atoms with Crippen LogP contribution in [0.3, 0.4) is 0 Å². The largest absolute Gasteiger partial charge is 0.311 e. The molecule has 1 aromatic heterocycles. The molecule has 5 nitrogen and oxygen atoms in total.